The van der Waals surface area contributed by atoms with Crippen molar-refractivity contribution in [3.05, 3.63) is 27.4 Å². The molecule has 0 aliphatic carbocycles. The second-order valence-corrected chi connectivity index (χ2v) is 4.61. The van der Waals surface area contributed by atoms with Gasteiger partial charge in [-0.1, -0.05) is 0 Å². The number of aryl methyl sites for hydroxylation is 2. The molecular formula is C11H12IN5. The van der Waals surface area contributed by atoms with Crippen LogP contribution in [0.4, 0.5) is 5.82 Å². The highest BCUT2D eigenvalue weighted by Crippen LogP contribution is 2.21. The van der Waals surface area contributed by atoms with Crippen LogP contribution in [0.25, 0.3) is 11.5 Å². The zero-order valence-corrected chi connectivity index (χ0v) is 12.0. The van der Waals surface area contributed by atoms with Gasteiger partial charge < -0.3 is 5.32 Å². The maximum absolute atomic E-state index is 4.44. The standard InChI is InChI=1S/C11H12IN5/c1-6-9(12)11(13-3)17-10(15-6)8-4-5-14-7(2)16-8/h4-5H,1-3H3,(H,13,15,17). The first-order valence-electron chi connectivity index (χ1n) is 5.13. The van der Waals surface area contributed by atoms with Crippen LogP contribution in [-0.2, 0) is 0 Å². The first-order chi connectivity index (χ1) is 8.11. The summed E-state index contributed by atoms with van der Waals surface area (Å²) in [5.74, 6) is 2.16. The molecule has 2 heterocycles. The van der Waals surface area contributed by atoms with Gasteiger partial charge in [0.15, 0.2) is 5.82 Å². The molecule has 0 aromatic carbocycles. The summed E-state index contributed by atoms with van der Waals surface area (Å²) < 4.78 is 1.03. The minimum absolute atomic E-state index is 0.623. The van der Waals surface area contributed by atoms with Gasteiger partial charge in [-0.25, -0.2) is 19.9 Å². The number of nitrogens with zero attached hydrogens (tertiary/aromatic N) is 4. The monoisotopic (exact) mass is 341 g/mol. The highest BCUT2D eigenvalue weighted by molar-refractivity contribution is 14.1. The quantitative estimate of drug-likeness (QED) is 0.849. The number of hydrogen-bond acceptors (Lipinski definition) is 5. The van der Waals surface area contributed by atoms with Gasteiger partial charge in [-0.05, 0) is 42.5 Å². The summed E-state index contributed by atoms with van der Waals surface area (Å²) in [6.45, 7) is 3.81. The van der Waals surface area contributed by atoms with Crippen LogP contribution in [0, 0.1) is 17.4 Å². The highest BCUT2D eigenvalue weighted by Gasteiger charge is 2.10. The average molecular weight is 341 g/mol. The predicted octanol–water partition coefficient (Wildman–Crippen LogP) is 2.20. The van der Waals surface area contributed by atoms with Crippen molar-refractivity contribution < 1.29 is 0 Å². The summed E-state index contributed by atoms with van der Waals surface area (Å²) >= 11 is 2.23. The Balaban J connectivity index is 2.56. The molecule has 0 bridgehead atoms. The Kier molecular flexibility index (Phi) is 3.51. The van der Waals surface area contributed by atoms with Crippen molar-refractivity contribution in [2.24, 2.45) is 0 Å². The van der Waals surface area contributed by atoms with Gasteiger partial charge in [0.25, 0.3) is 0 Å². The molecule has 88 valence electrons. The molecule has 0 amide bonds. The first kappa shape index (κ1) is 12.2. The van der Waals surface area contributed by atoms with Gasteiger partial charge in [-0.2, -0.15) is 0 Å². The SMILES string of the molecule is CNc1nc(-c2ccnc(C)n2)nc(C)c1I. The fourth-order valence-electron chi connectivity index (χ4n) is 1.42. The minimum Gasteiger partial charge on any atom is -0.372 e. The van der Waals surface area contributed by atoms with Gasteiger partial charge in [0.2, 0.25) is 0 Å². The lowest BCUT2D eigenvalue weighted by molar-refractivity contribution is 1.02. The third kappa shape index (κ3) is 2.51. The Hall–Kier alpha value is -1.31. The normalized spacial score (nSPS) is 10.4. The molecular weight excluding hydrogens is 329 g/mol. The number of aromatic nitrogens is 4. The lowest BCUT2D eigenvalue weighted by atomic mass is 10.3. The van der Waals surface area contributed by atoms with Gasteiger partial charge in [-0.15, -0.1) is 0 Å². The van der Waals surface area contributed by atoms with Crippen molar-refractivity contribution in [2.45, 2.75) is 13.8 Å². The Bertz CT molecular complexity index is 556. The molecule has 0 atom stereocenters. The molecule has 0 aliphatic heterocycles. The number of hydrogen-bond donors (Lipinski definition) is 1. The van der Waals surface area contributed by atoms with Crippen LogP contribution in [-0.4, -0.2) is 27.0 Å². The van der Waals surface area contributed by atoms with E-state index in [0.29, 0.717) is 11.6 Å². The number of anilines is 1. The summed E-state index contributed by atoms with van der Waals surface area (Å²) in [6, 6.07) is 1.81. The van der Waals surface area contributed by atoms with Crippen LogP contribution < -0.4 is 5.32 Å². The van der Waals surface area contributed by atoms with Crippen molar-refractivity contribution in [3.63, 3.8) is 0 Å². The van der Waals surface area contributed by atoms with E-state index in [4.69, 9.17) is 0 Å². The van der Waals surface area contributed by atoms with Gasteiger partial charge in [-0.3, -0.25) is 0 Å². The molecule has 0 aliphatic rings. The van der Waals surface area contributed by atoms with Crippen molar-refractivity contribution >= 4 is 28.4 Å². The minimum atomic E-state index is 0.623. The molecule has 0 radical (unpaired) electrons. The molecule has 2 rings (SSSR count). The molecule has 0 saturated heterocycles. The van der Waals surface area contributed by atoms with Crippen LogP contribution in [0.1, 0.15) is 11.5 Å². The zero-order chi connectivity index (χ0) is 12.4. The van der Waals surface area contributed by atoms with E-state index in [0.717, 1.165) is 20.8 Å². The van der Waals surface area contributed by atoms with Crippen LogP contribution in [0.15, 0.2) is 12.3 Å². The van der Waals surface area contributed by atoms with Gasteiger partial charge >= 0.3 is 0 Å². The highest BCUT2D eigenvalue weighted by atomic mass is 127. The Morgan fingerprint density at radius 2 is 1.94 bits per heavy atom. The lowest BCUT2D eigenvalue weighted by Gasteiger charge is -2.08. The number of nitrogens with one attached hydrogen (secondary N) is 1. The number of rotatable bonds is 2. The summed E-state index contributed by atoms with van der Waals surface area (Å²) in [5, 5.41) is 3.06. The fraction of sp³-hybridized carbons (Fsp3) is 0.273. The molecule has 2 aromatic heterocycles. The van der Waals surface area contributed by atoms with E-state index in [1.807, 2.05) is 27.0 Å². The van der Waals surface area contributed by atoms with Crippen molar-refractivity contribution in [1.29, 1.82) is 0 Å². The fourth-order valence-corrected chi connectivity index (χ4v) is 1.93. The first-order valence-corrected chi connectivity index (χ1v) is 6.21. The van der Waals surface area contributed by atoms with Gasteiger partial charge in [0, 0.05) is 13.2 Å². The molecule has 0 fully saturated rings. The van der Waals surface area contributed by atoms with Crippen molar-refractivity contribution in [3.8, 4) is 11.5 Å². The van der Waals surface area contributed by atoms with E-state index < -0.39 is 0 Å². The second kappa shape index (κ2) is 4.91. The van der Waals surface area contributed by atoms with Gasteiger partial charge in [0.1, 0.15) is 17.3 Å². The summed E-state index contributed by atoms with van der Waals surface area (Å²) in [5.41, 5.74) is 1.68. The molecule has 1 N–H and O–H groups in total. The van der Waals surface area contributed by atoms with E-state index in [2.05, 4.69) is 47.8 Å². The molecule has 6 heteroatoms. The number of halogens is 1. The summed E-state index contributed by atoms with van der Waals surface area (Å²) in [4.78, 5) is 17.3. The van der Waals surface area contributed by atoms with E-state index in [1.54, 1.807) is 6.20 Å². The molecule has 0 unspecified atom stereocenters. The van der Waals surface area contributed by atoms with Crippen LogP contribution in [0.3, 0.4) is 0 Å². The van der Waals surface area contributed by atoms with E-state index >= 15 is 0 Å². The Morgan fingerprint density at radius 1 is 1.18 bits per heavy atom. The van der Waals surface area contributed by atoms with Crippen molar-refractivity contribution in [2.75, 3.05) is 12.4 Å². The largest absolute Gasteiger partial charge is 0.372 e. The second-order valence-electron chi connectivity index (χ2n) is 3.53. The maximum atomic E-state index is 4.44. The third-order valence-corrected chi connectivity index (χ3v) is 3.55. The Labute approximate surface area is 113 Å². The van der Waals surface area contributed by atoms with Crippen molar-refractivity contribution in [1.82, 2.24) is 19.9 Å². The third-order valence-electron chi connectivity index (χ3n) is 2.26. The van der Waals surface area contributed by atoms with Crippen LogP contribution in [0.5, 0.6) is 0 Å². The maximum Gasteiger partial charge on any atom is 0.180 e. The summed E-state index contributed by atoms with van der Waals surface area (Å²) in [7, 11) is 1.85. The van der Waals surface area contributed by atoms with E-state index in [-0.39, 0.29) is 0 Å². The Morgan fingerprint density at radius 3 is 2.59 bits per heavy atom. The average Bonchev–Trinajstić information content (AvgIpc) is 2.32. The predicted molar refractivity (Wildman–Crippen MR) is 74.8 cm³/mol. The molecule has 5 nitrogen and oxygen atoms in total. The molecule has 17 heavy (non-hydrogen) atoms. The van der Waals surface area contributed by atoms with Crippen LogP contribution in [0.2, 0.25) is 0 Å². The zero-order valence-electron chi connectivity index (χ0n) is 9.82. The molecule has 0 spiro atoms. The van der Waals surface area contributed by atoms with Gasteiger partial charge in [0.05, 0.1) is 9.26 Å². The summed E-state index contributed by atoms with van der Waals surface area (Å²) in [6.07, 6.45) is 1.72. The van der Waals surface area contributed by atoms with E-state index in [1.165, 1.54) is 0 Å². The molecule has 2 aromatic rings. The van der Waals surface area contributed by atoms with Crippen LogP contribution >= 0.6 is 22.6 Å². The smallest absolute Gasteiger partial charge is 0.180 e. The topological polar surface area (TPSA) is 63.6 Å². The van der Waals surface area contributed by atoms with E-state index in [9.17, 15) is 0 Å². The molecule has 0 saturated carbocycles. The lowest BCUT2D eigenvalue weighted by Crippen LogP contribution is -2.04.